The summed E-state index contributed by atoms with van der Waals surface area (Å²) < 4.78 is 5.49. The number of rotatable bonds is 6. The molecule has 0 spiro atoms. The summed E-state index contributed by atoms with van der Waals surface area (Å²) in [6, 6.07) is 0.230. The summed E-state index contributed by atoms with van der Waals surface area (Å²) >= 11 is 0. The second-order valence-corrected chi connectivity index (χ2v) is 4.69. The minimum atomic E-state index is 0.0155. The lowest BCUT2D eigenvalue weighted by Crippen LogP contribution is -2.54. The Hall–Kier alpha value is -1.53. The first-order valence-electron chi connectivity index (χ1n) is 5.99. The molecule has 0 aliphatic carbocycles. The first-order valence-corrected chi connectivity index (χ1v) is 5.99. The lowest BCUT2D eigenvalue weighted by Gasteiger charge is -2.39. The quantitative estimate of drug-likeness (QED) is 0.343. The van der Waals surface area contributed by atoms with Gasteiger partial charge >= 0.3 is 0 Å². The van der Waals surface area contributed by atoms with Crippen molar-refractivity contribution < 1.29 is 4.74 Å². The topological polar surface area (TPSA) is 103 Å². The molecule has 1 aliphatic heterocycles. The second-order valence-electron chi connectivity index (χ2n) is 4.69. The first kappa shape index (κ1) is 14.5. The molecular formula is C12H23N5O. The van der Waals surface area contributed by atoms with Gasteiger partial charge < -0.3 is 26.8 Å². The molecule has 1 fully saturated rings. The highest BCUT2D eigenvalue weighted by Gasteiger charge is 2.23. The van der Waals surface area contributed by atoms with Gasteiger partial charge in [0.05, 0.1) is 18.4 Å². The van der Waals surface area contributed by atoms with Crippen LogP contribution < -0.4 is 17.2 Å². The van der Waals surface area contributed by atoms with E-state index < -0.39 is 0 Å². The van der Waals surface area contributed by atoms with E-state index in [2.05, 4.69) is 16.5 Å². The molecule has 1 heterocycles. The number of hydrogen-bond acceptors (Lipinski definition) is 4. The van der Waals surface area contributed by atoms with Crippen molar-refractivity contribution in [3.8, 4) is 0 Å². The van der Waals surface area contributed by atoms with Gasteiger partial charge in [-0.2, -0.15) is 0 Å². The Labute approximate surface area is 108 Å². The van der Waals surface area contributed by atoms with Crippen LogP contribution in [0.25, 0.3) is 0 Å². The van der Waals surface area contributed by atoms with E-state index in [0.717, 1.165) is 18.8 Å². The number of allylic oxidation sites excluding steroid dienone is 1. The van der Waals surface area contributed by atoms with E-state index >= 15 is 0 Å². The molecule has 0 aromatic rings. The van der Waals surface area contributed by atoms with Crippen LogP contribution in [0.1, 0.15) is 13.8 Å². The van der Waals surface area contributed by atoms with Crippen LogP contribution in [-0.4, -0.2) is 42.7 Å². The predicted molar refractivity (Wildman–Crippen MR) is 73.7 cm³/mol. The fourth-order valence-corrected chi connectivity index (χ4v) is 1.55. The summed E-state index contributed by atoms with van der Waals surface area (Å²) in [7, 11) is 0. The van der Waals surface area contributed by atoms with Crippen molar-refractivity contribution in [1.82, 2.24) is 4.90 Å². The Bertz CT molecular complexity index is 351. The molecule has 6 nitrogen and oxygen atoms in total. The van der Waals surface area contributed by atoms with Crippen molar-refractivity contribution in [1.29, 1.82) is 0 Å². The monoisotopic (exact) mass is 253 g/mol. The Morgan fingerprint density at radius 3 is 2.56 bits per heavy atom. The van der Waals surface area contributed by atoms with Gasteiger partial charge in [-0.15, -0.1) is 0 Å². The van der Waals surface area contributed by atoms with Gasteiger partial charge in [0.15, 0.2) is 5.96 Å². The molecule has 1 saturated heterocycles. The lowest BCUT2D eigenvalue weighted by molar-refractivity contribution is 0.0965. The van der Waals surface area contributed by atoms with Crippen LogP contribution in [0.5, 0.6) is 0 Å². The van der Waals surface area contributed by atoms with Crippen LogP contribution in [0.2, 0.25) is 0 Å². The van der Waals surface area contributed by atoms with Gasteiger partial charge in [-0.05, 0) is 19.9 Å². The summed E-state index contributed by atoms with van der Waals surface area (Å²) in [6.45, 7) is 9.87. The third-order valence-corrected chi connectivity index (χ3v) is 2.49. The van der Waals surface area contributed by atoms with E-state index in [0.29, 0.717) is 12.3 Å². The fourth-order valence-electron chi connectivity index (χ4n) is 1.55. The maximum atomic E-state index is 5.72. The van der Waals surface area contributed by atoms with Crippen LogP contribution >= 0.6 is 0 Å². The molecule has 0 aromatic carbocycles. The first-order chi connectivity index (χ1) is 8.38. The molecule has 1 rings (SSSR count). The zero-order valence-corrected chi connectivity index (χ0v) is 11.1. The van der Waals surface area contributed by atoms with Crippen LogP contribution in [0.3, 0.4) is 0 Å². The number of nitrogens with zero attached hydrogens (tertiary/aromatic N) is 2. The van der Waals surface area contributed by atoms with E-state index in [1.165, 1.54) is 0 Å². The van der Waals surface area contributed by atoms with Crippen LogP contribution in [0.15, 0.2) is 29.0 Å². The molecule has 0 amide bonds. The summed E-state index contributed by atoms with van der Waals surface area (Å²) in [5, 5.41) is 0. The number of hydrogen-bond donors (Lipinski definition) is 3. The third kappa shape index (κ3) is 4.77. The van der Waals surface area contributed by atoms with Gasteiger partial charge in [0, 0.05) is 24.8 Å². The summed E-state index contributed by atoms with van der Waals surface area (Å²) in [5.74, 6) is 0.0155. The molecule has 0 saturated carbocycles. The van der Waals surface area contributed by atoms with E-state index in [4.69, 9.17) is 21.9 Å². The highest BCUT2D eigenvalue weighted by molar-refractivity contribution is 5.76. The Morgan fingerprint density at radius 2 is 2.11 bits per heavy atom. The summed E-state index contributed by atoms with van der Waals surface area (Å²) in [4.78, 5) is 6.11. The highest BCUT2D eigenvalue weighted by atomic mass is 16.5. The molecule has 1 aliphatic rings. The molecular weight excluding hydrogens is 230 g/mol. The number of likely N-dealkylation sites (tertiary alicyclic amines) is 1. The number of nitrogens with two attached hydrogens (primary N) is 3. The molecule has 102 valence electrons. The number of guanidine groups is 1. The minimum Gasteiger partial charge on any atom is -0.373 e. The third-order valence-electron chi connectivity index (χ3n) is 2.49. The Kier molecular flexibility index (Phi) is 5.18. The fraction of sp³-hybridized carbons (Fsp3) is 0.583. The zero-order chi connectivity index (χ0) is 13.7. The molecule has 0 atom stereocenters. The molecule has 0 aromatic heterocycles. The van der Waals surface area contributed by atoms with Gasteiger partial charge in [-0.3, -0.25) is 0 Å². The van der Waals surface area contributed by atoms with E-state index in [9.17, 15) is 0 Å². The zero-order valence-electron chi connectivity index (χ0n) is 11.1. The predicted octanol–water partition coefficient (Wildman–Crippen LogP) is -0.275. The minimum absolute atomic E-state index is 0.0155. The lowest BCUT2D eigenvalue weighted by atomic mass is 10.1. The van der Waals surface area contributed by atoms with E-state index in [1.54, 1.807) is 0 Å². The maximum absolute atomic E-state index is 5.72. The summed E-state index contributed by atoms with van der Waals surface area (Å²) in [6.07, 6.45) is 1.95. The number of ether oxygens (including phenoxy) is 1. The van der Waals surface area contributed by atoms with Gasteiger partial charge in [-0.1, -0.05) is 6.58 Å². The molecule has 6 heteroatoms. The van der Waals surface area contributed by atoms with Crippen LogP contribution in [-0.2, 0) is 4.74 Å². The molecule has 0 radical (unpaired) electrons. The SMILES string of the molecule is C=C(/C=C(/COC(C)C)N=C(N)N)N1CC(N)C1. The van der Waals surface area contributed by atoms with Crippen molar-refractivity contribution >= 4 is 5.96 Å². The Balaban J connectivity index is 2.63. The van der Waals surface area contributed by atoms with Crippen molar-refractivity contribution in [2.24, 2.45) is 22.2 Å². The molecule has 0 unspecified atom stereocenters. The standard InChI is InChI=1S/C12H23N5O/c1-8(2)18-7-11(16-12(14)15)4-9(3)17-5-10(13)6-17/h4,8,10H,3,5-7,13H2,1-2H3,(H4,14,15,16)/b11-4-. The average Bonchev–Trinajstić information content (AvgIpc) is 2.20. The van der Waals surface area contributed by atoms with Gasteiger partial charge in [-0.25, -0.2) is 4.99 Å². The Morgan fingerprint density at radius 1 is 1.50 bits per heavy atom. The van der Waals surface area contributed by atoms with E-state index in [1.807, 2.05) is 19.9 Å². The summed E-state index contributed by atoms with van der Waals surface area (Å²) in [5.41, 5.74) is 18.0. The normalized spacial score (nSPS) is 16.7. The van der Waals surface area contributed by atoms with Gasteiger partial charge in [0.1, 0.15) is 0 Å². The van der Waals surface area contributed by atoms with Crippen molar-refractivity contribution in [2.45, 2.75) is 26.0 Å². The second kappa shape index (κ2) is 6.42. The van der Waals surface area contributed by atoms with Gasteiger partial charge in [0.2, 0.25) is 0 Å². The van der Waals surface area contributed by atoms with Crippen molar-refractivity contribution in [2.75, 3.05) is 19.7 Å². The van der Waals surface area contributed by atoms with Crippen molar-refractivity contribution in [3.05, 3.63) is 24.0 Å². The van der Waals surface area contributed by atoms with Crippen molar-refractivity contribution in [3.63, 3.8) is 0 Å². The van der Waals surface area contributed by atoms with Gasteiger partial charge in [0.25, 0.3) is 0 Å². The largest absolute Gasteiger partial charge is 0.373 e. The molecule has 6 N–H and O–H groups in total. The maximum Gasteiger partial charge on any atom is 0.190 e. The van der Waals surface area contributed by atoms with E-state index in [-0.39, 0.29) is 18.1 Å². The molecule has 0 bridgehead atoms. The highest BCUT2D eigenvalue weighted by Crippen LogP contribution is 2.15. The number of aliphatic imine (C=N–C) groups is 1. The van der Waals surface area contributed by atoms with Crippen LogP contribution in [0, 0.1) is 0 Å². The smallest absolute Gasteiger partial charge is 0.190 e. The average molecular weight is 253 g/mol. The van der Waals surface area contributed by atoms with Crippen LogP contribution in [0.4, 0.5) is 0 Å². The molecule has 18 heavy (non-hydrogen) atoms.